The zero-order chi connectivity index (χ0) is 35.6. The maximum atomic E-state index is 11.8. The van der Waals surface area contributed by atoms with Gasteiger partial charge in [0.2, 0.25) is 6.29 Å². The molecule has 1 heterocycles. The van der Waals surface area contributed by atoms with Crippen LogP contribution in [0.2, 0.25) is 0 Å². The van der Waals surface area contributed by atoms with Crippen LogP contribution < -0.4 is 4.74 Å². The lowest BCUT2D eigenvalue weighted by Gasteiger charge is -2.45. The minimum absolute atomic E-state index is 0.154. The molecule has 0 amide bonds. The van der Waals surface area contributed by atoms with Gasteiger partial charge in [-0.3, -0.25) is 0 Å². The lowest BCUT2D eigenvalue weighted by atomic mass is 9.98. The van der Waals surface area contributed by atoms with Crippen LogP contribution in [0.5, 0.6) is 5.75 Å². The van der Waals surface area contributed by atoms with E-state index < -0.39 is 38.9 Å². The number of benzene rings is 4. The Morgan fingerprint density at radius 3 is 1.57 bits per heavy atom. The van der Waals surface area contributed by atoms with Crippen molar-refractivity contribution in [3.05, 3.63) is 138 Å². The molecule has 0 saturated carbocycles. The number of hydrogen-bond acceptors (Lipinski definition) is 9. The molecule has 5 atom stereocenters. The Morgan fingerprint density at radius 2 is 1.06 bits per heavy atom. The third kappa shape index (κ3) is 12.8. The minimum Gasteiger partial charge on any atom is -0.482 e. The molecule has 3 unspecified atom stereocenters. The van der Waals surface area contributed by atoms with Gasteiger partial charge in [-0.05, 0) is 41.7 Å². The standard InChI is InChI=1S/C41H52O9P/c1-3-5-27-46-51(42,47-28-6-4-2)50-41-40(48-36-25-17-10-18-26-36)39(45-31-35-23-15-9-16-24-35)38(44-30-34-21-13-8-14-22-34)37(49-41)32-43-29-33-19-11-7-12-20-33/h7-26,37-42H,3-6,27-32H2,1-2H3/q+1/t37?,38-,39?,40-,41?/m1/s1. The lowest BCUT2D eigenvalue weighted by Crippen LogP contribution is -2.62. The normalized spacial score (nSPS) is 20.6. The highest BCUT2D eigenvalue weighted by atomic mass is 31.2. The van der Waals surface area contributed by atoms with Gasteiger partial charge in [-0.25, -0.2) is 0 Å². The van der Waals surface area contributed by atoms with E-state index in [2.05, 4.69) is 13.8 Å². The van der Waals surface area contributed by atoms with Crippen molar-refractivity contribution in [1.82, 2.24) is 0 Å². The zero-order valence-corrected chi connectivity index (χ0v) is 30.6. The number of para-hydroxylation sites is 1. The zero-order valence-electron chi connectivity index (χ0n) is 29.7. The quantitative estimate of drug-likeness (QED) is 0.0632. The summed E-state index contributed by atoms with van der Waals surface area (Å²) in [5.74, 6) is 0.578. The molecule has 0 aromatic heterocycles. The van der Waals surface area contributed by atoms with Crippen LogP contribution in [0.1, 0.15) is 56.2 Å². The van der Waals surface area contributed by atoms with E-state index in [1.165, 1.54) is 0 Å². The first-order valence-corrected chi connectivity index (χ1v) is 19.5. The number of hydrogen-bond donors (Lipinski definition) is 1. The average molecular weight is 720 g/mol. The van der Waals surface area contributed by atoms with Crippen molar-refractivity contribution in [1.29, 1.82) is 0 Å². The molecule has 1 saturated heterocycles. The van der Waals surface area contributed by atoms with Crippen LogP contribution in [0.15, 0.2) is 121 Å². The van der Waals surface area contributed by atoms with Crippen molar-refractivity contribution in [2.45, 2.75) is 90.1 Å². The third-order valence-corrected chi connectivity index (χ3v) is 9.80. The Balaban J connectivity index is 1.50. The fourth-order valence-corrected chi connectivity index (χ4v) is 6.90. The lowest BCUT2D eigenvalue weighted by molar-refractivity contribution is -0.299. The molecule has 51 heavy (non-hydrogen) atoms. The molecular weight excluding hydrogens is 667 g/mol. The van der Waals surface area contributed by atoms with E-state index in [0.29, 0.717) is 19.0 Å². The Hall–Kier alpha value is -3.21. The van der Waals surface area contributed by atoms with E-state index in [9.17, 15) is 4.89 Å². The van der Waals surface area contributed by atoms with Gasteiger partial charge >= 0.3 is 8.17 Å². The summed E-state index contributed by atoms with van der Waals surface area (Å²) in [6.07, 6.45) is -0.939. The van der Waals surface area contributed by atoms with E-state index in [0.717, 1.165) is 42.4 Å². The van der Waals surface area contributed by atoms with Crippen LogP contribution in [-0.4, -0.2) is 55.4 Å². The van der Waals surface area contributed by atoms with Crippen LogP contribution in [-0.2, 0) is 52.3 Å². The SMILES string of the molecule is CCCCO[P+](O)(OCCCC)OC1OC(COCc2ccccc2)[C@@H](OCc2ccccc2)C(OCc2ccccc2)[C@H]1Oc1ccccc1. The van der Waals surface area contributed by atoms with Crippen molar-refractivity contribution in [3.63, 3.8) is 0 Å². The molecule has 0 spiro atoms. The highest BCUT2D eigenvalue weighted by molar-refractivity contribution is 7.55. The second kappa shape index (κ2) is 21.3. The molecule has 4 aromatic rings. The highest BCUT2D eigenvalue weighted by Gasteiger charge is 2.57. The largest absolute Gasteiger partial charge is 0.575 e. The van der Waals surface area contributed by atoms with E-state index in [1.54, 1.807) is 0 Å². The van der Waals surface area contributed by atoms with Gasteiger partial charge in [-0.2, -0.15) is 13.9 Å². The van der Waals surface area contributed by atoms with Gasteiger partial charge in [0.15, 0.2) is 6.10 Å². The van der Waals surface area contributed by atoms with Crippen LogP contribution in [0.3, 0.4) is 0 Å². The molecule has 1 fully saturated rings. The summed E-state index contributed by atoms with van der Waals surface area (Å²) in [6, 6.07) is 39.3. The van der Waals surface area contributed by atoms with Gasteiger partial charge in [-0.1, -0.05) is 136 Å². The molecule has 1 aliphatic rings. The van der Waals surface area contributed by atoms with Gasteiger partial charge in [-0.15, -0.1) is 4.52 Å². The Labute approximate surface area is 303 Å². The second-order valence-electron chi connectivity index (χ2n) is 12.4. The summed E-state index contributed by atoms with van der Waals surface area (Å²) in [5, 5.41) is 0. The summed E-state index contributed by atoms with van der Waals surface area (Å²) in [5.41, 5.74) is 3.00. The predicted molar refractivity (Wildman–Crippen MR) is 198 cm³/mol. The van der Waals surface area contributed by atoms with Crippen molar-refractivity contribution in [3.8, 4) is 5.75 Å². The number of unbranched alkanes of at least 4 members (excludes halogenated alkanes) is 2. The monoisotopic (exact) mass is 719 g/mol. The second-order valence-corrected chi connectivity index (χ2v) is 14.1. The summed E-state index contributed by atoms with van der Waals surface area (Å²) in [4.78, 5) is 11.8. The van der Waals surface area contributed by atoms with Crippen LogP contribution in [0.25, 0.3) is 0 Å². The Morgan fingerprint density at radius 1 is 0.588 bits per heavy atom. The van der Waals surface area contributed by atoms with E-state index in [4.69, 9.17) is 37.3 Å². The maximum absolute atomic E-state index is 11.8. The topological polar surface area (TPSA) is 94.1 Å². The van der Waals surface area contributed by atoms with Gasteiger partial charge in [0.25, 0.3) is 0 Å². The molecule has 1 aliphatic heterocycles. The van der Waals surface area contributed by atoms with Crippen LogP contribution in [0, 0.1) is 0 Å². The molecule has 9 nitrogen and oxygen atoms in total. The maximum Gasteiger partial charge on any atom is 0.575 e. The van der Waals surface area contributed by atoms with Crippen LogP contribution >= 0.6 is 8.17 Å². The smallest absolute Gasteiger partial charge is 0.482 e. The van der Waals surface area contributed by atoms with Gasteiger partial charge in [0.05, 0.1) is 26.4 Å². The average Bonchev–Trinajstić information content (AvgIpc) is 3.16. The first kappa shape index (κ1) is 39.0. The van der Waals surface area contributed by atoms with Crippen LogP contribution in [0.4, 0.5) is 0 Å². The van der Waals surface area contributed by atoms with Crippen molar-refractivity contribution in [2.24, 2.45) is 0 Å². The van der Waals surface area contributed by atoms with E-state index in [1.807, 2.05) is 121 Å². The Bertz CT molecular complexity index is 1470. The van der Waals surface area contributed by atoms with Gasteiger partial charge in [0.1, 0.15) is 37.3 Å². The highest BCUT2D eigenvalue weighted by Crippen LogP contribution is 2.60. The summed E-state index contributed by atoms with van der Waals surface area (Å²) in [7, 11) is -3.87. The van der Waals surface area contributed by atoms with Crippen molar-refractivity contribution in [2.75, 3.05) is 19.8 Å². The first-order chi connectivity index (χ1) is 25.1. The first-order valence-electron chi connectivity index (χ1n) is 18.0. The fraction of sp³-hybridized carbons (Fsp3) is 0.415. The van der Waals surface area contributed by atoms with E-state index >= 15 is 0 Å². The molecule has 5 rings (SSSR count). The third-order valence-electron chi connectivity index (χ3n) is 8.31. The van der Waals surface area contributed by atoms with E-state index in [-0.39, 0.29) is 26.4 Å². The van der Waals surface area contributed by atoms with Gasteiger partial charge in [0, 0.05) is 0 Å². The molecular formula is C41H52O9P+. The summed E-state index contributed by atoms with van der Waals surface area (Å²) < 4.78 is 51.5. The predicted octanol–water partition coefficient (Wildman–Crippen LogP) is 8.87. The summed E-state index contributed by atoms with van der Waals surface area (Å²) >= 11 is 0. The molecule has 10 heteroatoms. The Kier molecular flexibility index (Phi) is 16.3. The summed E-state index contributed by atoms with van der Waals surface area (Å²) in [6.45, 7) is 5.74. The molecule has 0 radical (unpaired) electrons. The van der Waals surface area contributed by atoms with Crippen molar-refractivity contribution < 1.29 is 42.1 Å². The number of rotatable bonds is 22. The molecule has 1 N–H and O–H groups in total. The van der Waals surface area contributed by atoms with Crippen molar-refractivity contribution >= 4 is 8.17 Å². The number of ether oxygens (including phenoxy) is 5. The molecule has 274 valence electrons. The molecule has 0 bridgehead atoms. The molecule has 0 aliphatic carbocycles. The fourth-order valence-electron chi connectivity index (χ4n) is 5.55. The minimum atomic E-state index is -3.87. The van der Waals surface area contributed by atoms with Gasteiger partial charge < -0.3 is 23.7 Å². The molecule has 4 aromatic carbocycles.